The van der Waals surface area contributed by atoms with Crippen molar-refractivity contribution < 1.29 is 14.6 Å². The quantitative estimate of drug-likeness (QED) is 0.665. The van der Waals surface area contributed by atoms with Gasteiger partial charge in [0.25, 0.3) is 0 Å². The van der Waals surface area contributed by atoms with Crippen molar-refractivity contribution in [1.29, 1.82) is 0 Å². The molecule has 3 nitrogen and oxygen atoms in total. The summed E-state index contributed by atoms with van der Waals surface area (Å²) in [5.41, 5.74) is 2.03. The molecule has 0 aromatic heterocycles. The summed E-state index contributed by atoms with van der Waals surface area (Å²) in [6.07, 6.45) is 10.2. The highest BCUT2D eigenvalue weighted by atomic mass is 16.7. The van der Waals surface area contributed by atoms with Gasteiger partial charge in [0.1, 0.15) is 0 Å². The second-order valence-electron chi connectivity index (χ2n) is 10.2. The highest BCUT2D eigenvalue weighted by Crippen LogP contribution is 2.69. The van der Waals surface area contributed by atoms with Gasteiger partial charge < -0.3 is 14.6 Å². The van der Waals surface area contributed by atoms with Gasteiger partial charge in [-0.2, -0.15) is 0 Å². The molecule has 4 fully saturated rings. The molecule has 0 amide bonds. The molecule has 25 heavy (non-hydrogen) atoms. The fraction of sp³-hybridized carbons (Fsp3) is 0.909. The summed E-state index contributed by atoms with van der Waals surface area (Å²) in [7, 11) is 0. The monoisotopic (exact) mass is 346 g/mol. The van der Waals surface area contributed by atoms with Crippen LogP contribution >= 0.6 is 0 Å². The second kappa shape index (κ2) is 5.33. The molecule has 5 rings (SSSR count). The Morgan fingerprint density at radius 3 is 2.64 bits per heavy atom. The average molecular weight is 347 g/mol. The molecule has 140 valence electrons. The van der Waals surface area contributed by atoms with Crippen molar-refractivity contribution in [3.05, 3.63) is 11.6 Å². The van der Waals surface area contributed by atoms with Gasteiger partial charge in [0.2, 0.25) is 0 Å². The minimum Gasteiger partial charge on any atom is -0.393 e. The Morgan fingerprint density at radius 1 is 1.12 bits per heavy atom. The average Bonchev–Trinajstić information content (AvgIpc) is 3.15. The van der Waals surface area contributed by atoms with Gasteiger partial charge >= 0.3 is 0 Å². The Balaban J connectivity index is 1.53. The van der Waals surface area contributed by atoms with Crippen molar-refractivity contribution in [1.82, 2.24) is 0 Å². The first kappa shape index (κ1) is 16.8. The highest BCUT2D eigenvalue weighted by molar-refractivity contribution is 5.26. The summed E-state index contributed by atoms with van der Waals surface area (Å²) in [5, 5.41) is 10.2. The van der Waals surface area contributed by atoms with Crippen LogP contribution < -0.4 is 0 Å². The summed E-state index contributed by atoms with van der Waals surface area (Å²) >= 11 is 0. The van der Waals surface area contributed by atoms with Gasteiger partial charge in [0, 0.05) is 11.8 Å². The number of hydrogen-bond donors (Lipinski definition) is 1. The molecular formula is C22H34O3. The van der Waals surface area contributed by atoms with E-state index in [-0.39, 0.29) is 17.3 Å². The first-order chi connectivity index (χ1) is 11.9. The van der Waals surface area contributed by atoms with Gasteiger partial charge in [-0.3, -0.25) is 0 Å². The number of ether oxygens (including phenoxy) is 2. The van der Waals surface area contributed by atoms with Crippen LogP contribution in [0.5, 0.6) is 0 Å². The minimum absolute atomic E-state index is 0.116. The second-order valence-corrected chi connectivity index (χ2v) is 10.2. The zero-order chi connectivity index (χ0) is 17.4. The standard InChI is InChI=1S/C22H34O3/c1-14-13-21(3)18(7-9-22(21)24-10-11-25-22)17-5-4-15-12-16(23)6-8-20(15,2)19(14)17/h4,14,16-19,23H,5-13H2,1-3H3/t14-,16-,17?,18?,19?,20-,21-/m0/s1. The van der Waals surface area contributed by atoms with E-state index in [9.17, 15) is 5.11 Å². The van der Waals surface area contributed by atoms with E-state index >= 15 is 0 Å². The predicted octanol–water partition coefficient (Wildman–Crippen LogP) is 4.30. The molecule has 1 aliphatic heterocycles. The smallest absolute Gasteiger partial charge is 0.174 e. The first-order valence-corrected chi connectivity index (χ1v) is 10.6. The molecule has 1 spiro atoms. The van der Waals surface area contributed by atoms with E-state index in [2.05, 4.69) is 26.8 Å². The lowest BCUT2D eigenvalue weighted by Gasteiger charge is -2.61. The Kier molecular flexibility index (Phi) is 3.57. The van der Waals surface area contributed by atoms with Gasteiger partial charge in [0.15, 0.2) is 5.79 Å². The maximum atomic E-state index is 10.2. The van der Waals surface area contributed by atoms with E-state index < -0.39 is 0 Å². The minimum atomic E-state index is -0.301. The van der Waals surface area contributed by atoms with Crippen molar-refractivity contribution in [2.75, 3.05) is 13.2 Å². The lowest BCUT2D eigenvalue weighted by Crippen LogP contribution is -2.57. The van der Waals surface area contributed by atoms with Crippen LogP contribution in [0.3, 0.4) is 0 Å². The number of allylic oxidation sites excluding steroid dienone is 1. The maximum absolute atomic E-state index is 10.2. The van der Waals surface area contributed by atoms with Crippen molar-refractivity contribution in [2.24, 2.45) is 34.5 Å². The normalized spacial score (nSPS) is 53.9. The summed E-state index contributed by atoms with van der Waals surface area (Å²) < 4.78 is 12.6. The summed E-state index contributed by atoms with van der Waals surface area (Å²) in [5.74, 6) is 2.62. The van der Waals surface area contributed by atoms with E-state index in [0.717, 1.165) is 50.7 Å². The summed E-state index contributed by atoms with van der Waals surface area (Å²) in [6.45, 7) is 9.00. The van der Waals surface area contributed by atoms with E-state index in [0.29, 0.717) is 17.3 Å². The molecular weight excluding hydrogens is 312 g/mol. The van der Waals surface area contributed by atoms with Crippen molar-refractivity contribution >= 4 is 0 Å². The number of aliphatic hydroxyl groups excluding tert-OH is 1. The van der Waals surface area contributed by atoms with Gasteiger partial charge in [-0.05, 0) is 67.6 Å². The van der Waals surface area contributed by atoms with Gasteiger partial charge in [-0.15, -0.1) is 0 Å². The van der Waals surface area contributed by atoms with Crippen LogP contribution in [0.25, 0.3) is 0 Å². The Hall–Kier alpha value is -0.380. The van der Waals surface area contributed by atoms with Crippen LogP contribution in [0.2, 0.25) is 0 Å². The summed E-state index contributed by atoms with van der Waals surface area (Å²) in [6, 6.07) is 0. The molecule has 5 aliphatic rings. The Labute approximate surface area is 152 Å². The van der Waals surface area contributed by atoms with Crippen molar-refractivity contribution in [2.45, 2.75) is 77.6 Å². The lowest BCUT2D eigenvalue weighted by atomic mass is 9.45. The van der Waals surface area contributed by atoms with E-state index in [1.54, 1.807) is 5.57 Å². The zero-order valence-electron chi connectivity index (χ0n) is 16.1. The topological polar surface area (TPSA) is 38.7 Å². The molecule has 0 aromatic carbocycles. The summed E-state index contributed by atoms with van der Waals surface area (Å²) in [4.78, 5) is 0. The number of hydrogen-bond acceptors (Lipinski definition) is 3. The van der Waals surface area contributed by atoms with Crippen LogP contribution in [0, 0.1) is 34.5 Å². The van der Waals surface area contributed by atoms with Gasteiger partial charge in [-0.25, -0.2) is 0 Å². The molecule has 4 aliphatic carbocycles. The Morgan fingerprint density at radius 2 is 1.88 bits per heavy atom. The largest absolute Gasteiger partial charge is 0.393 e. The molecule has 1 heterocycles. The molecule has 0 radical (unpaired) electrons. The maximum Gasteiger partial charge on any atom is 0.174 e. The van der Waals surface area contributed by atoms with E-state index in [1.165, 1.54) is 19.3 Å². The van der Waals surface area contributed by atoms with Crippen LogP contribution in [0.15, 0.2) is 11.6 Å². The molecule has 0 bridgehead atoms. The van der Waals surface area contributed by atoms with E-state index in [1.807, 2.05) is 0 Å². The van der Waals surface area contributed by atoms with Gasteiger partial charge in [-0.1, -0.05) is 32.4 Å². The fourth-order valence-electron chi connectivity index (χ4n) is 8.23. The Bertz CT molecular complexity index is 592. The predicted molar refractivity (Wildman–Crippen MR) is 96.9 cm³/mol. The third kappa shape index (κ3) is 2.04. The lowest BCUT2D eigenvalue weighted by molar-refractivity contribution is -0.249. The number of rotatable bonds is 0. The fourth-order valence-corrected chi connectivity index (χ4v) is 8.23. The molecule has 7 atom stereocenters. The number of aliphatic hydroxyl groups is 1. The SMILES string of the molecule is C[C@H]1C[C@@]2(C)C(CCC23OCCO3)C2CC=C3C[C@@H](O)CC[C@]3(C)C21. The van der Waals surface area contributed by atoms with E-state index in [4.69, 9.17) is 9.47 Å². The third-order valence-corrected chi connectivity index (χ3v) is 9.12. The van der Waals surface area contributed by atoms with Crippen molar-refractivity contribution in [3.63, 3.8) is 0 Å². The molecule has 3 saturated carbocycles. The van der Waals surface area contributed by atoms with Gasteiger partial charge in [0.05, 0.1) is 19.3 Å². The molecule has 3 heteroatoms. The highest BCUT2D eigenvalue weighted by Gasteiger charge is 2.67. The molecule has 1 saturated heterocycles. The first-order valence-electron chi connectivity index (χ1n) is 10.6. The molecule has 0 aromatic rings. The zero-order valence-corrected chi connectivity index (χ0v) is 16.1. The number of fused-ring (bicyclic) bond motifs is 6. The van der Waals surface area contributed by atoms with Crippen LogP contribution in [-0.4, -0.2) is 30.2 Å². The molecule has 1 N–H and O–H groups in total. The van der Waals surface area contributed by atoms with Crippen LogP contribution in [-0.2, 0) is 9.47 Å². The third-order valence-electron chi connectivity index (χ3n) is 9.12. The van der Waals surface area contributed by atoms with Crippen LogP contribution in [0.4, 0.5) is 0 Å². The molecule has 3 unspecified atom stereocenters. The van der Waals surface area contributed by atoms with Crippen LogP contribution in [0.1, 0.15) is 65.7 Å². The van der Waals surface area contributed by atoms with Crippen molar-refractivity contribution in [3.8, 4) is 0 Å².